The van der Waals surface area contributed by atoms with Crippen molar-refractivity contribution in [2.45, 2.75) is 0 Å². The van der Waals surface area contributed by atoms with Crippen LogP contribution in [-0.2, 0) is 4.79 Å². The maximum absolute atomic E-state index is 13.0. The van der Waals surface area contributed by atoms with Gasteiger partial charge in [-0.05, 0) is 34.5 Å². The molecule has 14 heteroatoms. The van der Waals surface area contributed by atoms with Crippen LogP contribution in [0.15, 0.2) is 58.3 Å². The van der Waals surface area contributed by atoms with Gasteiger partial charge in [-0.2, -0.15) is 9.73 Å². The molecule has 0 spiro atoms. The molecule has 0 bridgehead atoms. The second-order valence-corrected chi connectivity index (χ2v) is 6.85. The lowest BCUT2D eigenvalue weighted by Gasteiger charge is -2.08. The van der Waals surface area contributed by atoms with Crippen molar-refractivity contribution in [3.8, 4) is 28.6 Å². The Kier molecular flexibility index (Phi) is 6.62. The van der Waals surface area contributed by atoms with Gasteiger partial charge in [0.2, 0.25) is 0 Å². The Hall–Kier alpha value is -5.27. The number of benzene rings is 2. The van der Waals surface area contributed by atoms with Crippen molar-refractivity contribution < 1.29 is 33.5 Å². The summed E-state index contributed by atoms with van der Waals surface area (Å²) in [6.07, 6.45) is 1.30. The number of rotatable bonds is 9. The van der Waals surface area contributed by atoms with E-state index in [1.54, 1.807) is 48.5 Å². The van der Waals surface area contributed by atoms with Gasteiger partial charge in [0.1, 0.15) is 23.3 Å². The number of hydrogen-bond acceptors (Lipinski definition) is 11. The molecular weight excluding hydrogens is 460 g/mol. The summed E-state index contributed by atoms with van der Waals surface area (Å²) in [5, 5.41) is 28.7. The Morgan fingerprint density at radius 2 is 2.09 bits per heavy atom. The van der Waals surface area contributed by atoms with Crippen molar-refractivity contribution in [3.05, 3.63) is 59.8 Å². The van der Waals surface area contributed by atoms with Crippen LogP contribution in [0.3, 0.4) is 0 Å². The molecule has 2 aromatic heterocycles. The second kappa shape index (κ2) is 10.1. The molecule has 178 valence electrons. The molecule has 0 saturated carbocycles. The monoisotopic (exact) mass is 478 g/mol. The zero-order chi connectivity index (χ0) is 24.8. The fourth-order valence-corrected chi connectivity index (χ4v) is 3.07. The molecule has 4 aromatic rings. The van der Waals surface area contributed by atoms with Gasteiger partial charge in [0, 0.05) is 11.1 Å². The number of carboxylic acids is 1. The zero-order valence-electron chi connectivity index (χ0n) is 18.2. The van der Waals surface area contributed by atoms with Crippen LogP contribution in [0.4, 0.5) is 5.82 Å². The van der Waals surface area contributed by atoms with Crippen LogP contribution in [0.1, 0.15) is 16.1 Å². The third kappa shape index (κ3) is 5.05. The minimum absolute atomic E-state index is 0.0269. The topological polar surface area (TPSA) is 198 Å². The lowest BCUT2D eigenvalue weighted by molar-refractivity contribution is -0.652. The summed E-state index contributed by atoms with van der Waals surface area (Å²) in [5.41, 5.74) is 9.43. The van der Waals surface area contributed by atoms with Gasteiger partial charge < -0.3 is 25.1 Å². The number of methoxy groups -OCH3 is 1. The largest absolute Gasteiger partial charge is 0.546 e. The molecule has 35 heavy (non-hydrogen) atoms. The molecule has 0 radical (unpaired) electrons. The highest BCUT2D eigenvalue weighted by atomic mass is 16.6. The van der Waals surface area contributed by atoms with Gasteiger partial charge in [-0.15, -0.1) is 9.90 Å². The van der Waals surface area contributed by atoms with Crippen molar-refractivity contribution >= 4 is 23.9 Å². The minimum atomic E-state index is -1.37. The van der Waals surface area contributed by atoms with Crippen molar-refractivity contribution in [2.24, 2.45) is 5.10 Å². The minimum Gasteiger partial charge on any atom is -0.546 e. The van der Waals surface area contributed by atoms with Crippen molar-refractivity contribution in [1.82, 2.24) is 26.1 Å². The number of carbonyl (C=O) groups excluding carboxylic acids is 2. The van der Waals surface area contributed by atoms with Crippen LogP contribution in [0, 0.1) is 0 Å². The Morgan fingerprint density at radius 1 is 1.26 bits per heavy atom. The molecular formula is C21H18N8O6. The normalized spacial score (nSPS) is 10.9. The van der Waals surface area contributed by atoms with E-state index in [1.807, 2.05) is 0 Å². The number of nitrogens with two attached hydrogens (primary N) is 1. The van der Waals surface area contributed by atoms with E-state index in [1.165, 1.54) is 18.0 Å². The number of hydrogen-bond donors (Lipinski definition) is 3. The summed E-state index contributed by atoms with van der Waals surface area (Å²) < 4.78 is 16.4. The van der Waals surface area contributed by atoms with E-state index in [-0.39, 0.29) is 28.8 Å². The number of amides is 1. The van der Waals surface area contributed by atoms with Gasteiger partial charge in [-0.3, -0.25) is 4.79 Å². The third-order valence-corrected chi connectivity index (χ3v) is 4.61. The van der Waals surface area contributed by atoms with Crippen molar-refractivity contribution in [1.29, 1.82) is 0 Å². The van der Waals surface area contributed by atoms with E-state index in [4.69, 9.17) is 15.2 Å². The SMILES string of the molecule is COc1cccc(-c2c(C(=O)NN=Cc3ccccc3OCC(=O)[O-])n[nH][n+]2-c2nonc2N)c1. The molecule has 0 aliphatic heterocycles. The smallest absolute Gasteiger partial charge is 0.377 e. The molecule has 0 aliphatic carbocycles. The quantitative estimate of drug-likeness (QED) is 0.156. The summed E-state index contributed by atoms with van der Waals surface area (Å²) in [6, 6.07) is 13.4. The van der Waals surface area contributed by atoms with Gasteiger partial charge >= 0.3 is 11.7 Å². The number of aromatic amines is 1. The predicted octanol–water partition coefficient (Wildman–Crippen LogP) is -0.780. The average Bonchev–Trinajstić information content (AvgIpc) is 3.49. The number of aliphatic carboxylic acids is 1. The molecule has 2 aromatic carbocycles. The zero-order valence-corrected chi connectivity index (χ0v) is 18.2. The highest BCUT2D eigenvalue weighted by molar-refractivity contribution is 5.98. The van der Waals surface area contributed by atoms with Gasteiger partial charge in [0.25, 0.3) is 11.5 Å². The number of carbonyl (C=O) groups is 2. The number of nitrogen functional groups attached to an aromatic ring is 1. The van der Waals surface area contributed by atoms with Crippen LogP contribution in [0.2, 0.25) is 0 Å². The maximum Gasteiger partial charge on any atom is 0.377 e. The van der Waals surface area contributed by atoms with Crippen molar-refractivity contribution in [3.63, 3.8) is 0 Å². The lowest BCUT2D eigenvalue weighted by Crippen LogP contribution is -2.37. The average molecular weight is 478 g/mol. The van der Waals surface area contributed by atoms with E-state index >= 15 is 0 Å². The van der Waals surface area contributed by atoms with Crippen LogP contribution >= 0.6 is 0 Å². The number of anilines is 1. The summed E-state index contributed by atoms with van der Waals surface area (Å²) >= 11 is 0. The fourth-order valence-electron chi connectivity index (χ4n) is 3.07. The molecule has 1 amide bonds. The molecule has 0 fully saturated rings. The van der Waals surface area contributed by atoms with E-state index in [0.717, 1.165) is 0 Å². The van der Waals surface area contributed by atoms with Crippen LogP contribution in [-0.4, -0.2) is 52.4 Å². The second-order valence-electron chi connectivity index (χ2n) is 6.85. The van der Waals surface area contributed by atoms with Crippen LogP contribution in [0.5, 0.6) is 11.5 Å². The maximum atomic E-state index is 13.0. The highest BCUT2D eigenvalue weighted by Crippen LogP contribution is 2.24. The molecule has 0 atom stereocenters. The molecule has 14 nitrogen and oxygen atoms in total. The first-order valence-corrected chi connectivity index (χ1v) is 9.96. The number of ether oxygens (including phenoxy) is 2. The number of para-hydroxylation sites is 1. The molecule has 4 N–H and O–H groups in total. The highest BCUT2D eigenvalue weighted by Gasteiger charge is 2.31. The summed E-state index contributed by atoms with van der Waals surface area (Å²) in [7, 11) is 1.51. The number of aromatic nitrogens is 5. The Balaban J connectivity index is 1.64. The lowest BCUT2D eigenvalue weighted by atomic mass is 10.1. The van der Waals surface area contributed by atoms with Crippen molar-refractivity contribution in [2.75, 3.05) is 19.5 Å². The molecule has 0 aliphatic rings. The molecule has 0 unspecified atom stereocenters. The van der Waals surface area contributed by atoms with Gasteiger partial charge in [-0.1, -0.05) is 24.3 Å². The summed E-state index contributed by atoms with van der Waals surface area (Å²) in [5.74, 6) is -1.18. The Labute approximate surface area is 196 Å². The van der Waals surface area contributed by atoms with E-state index in [2.05, 4.69) is 35.8 Å². The van der Waals surface area contributed by atoms with Gasteiger partial charge in [0.05, 0.1) is 19.3 Å². The van der Waals surface area contributed by atoms with Crippen LogP contribution in [0.25, 0.3) is 17.1 Å². The number of nitrogens with zero attached hydrogens (tertiary/aromatic N) is 5. The standard InChI is InChI=1S/C21H18N8O6/c1-33-14-7-4-6-12(9-14)18-17(24-28-29(18)20-19(22)26-35-27-20)21(32)25-23-10-13-5-2-3-8-15(13)34-11-16(30)31/h2-10H,11H2,1H3,(H4,22,25,26,30,31,32). The molecule has 4 rings (SSSR count). The summed E-state index contributed by atoms with van der Waals surface area (Å²) in [6.45, 7) is -0.631. The number of carboxylic acid groups (broad SMARTS) is 1. The Morgan fingerprint density at radius 3 is 2.83 bits per heavy atom. The fraction of sp³-hybridized carbons (Fsp3) is 0.0952. The number of nitrogens with one attached hydrogen (secondary N) is 2. The van der Waals surface area contributed by atoms with Crippen LogP contribution < -0.4 is 30.4 Å². The Bertz CT molecular complexity index is 1400. The molecule has 2 heterocycles. The number of hydrazone groups is 1. The van der Waals surface area contributed by atoms with Gasteiger partial charge in [-0.25, -0.2) is 5.43 Å². The molecule has 0 saturated heterocycles. The van der Waals surface area contributed by atoms with E-state index in [0.29, 0.717) is 16.9 Å². The van der Waals surface area contributed by atoms with E-state index < -0.39 is 18.5 Å². The summed E-state index contributed by atoms with van der Waals surface area (Å²) in [4.78, 5) is 23.7. The van der Waals surface area contributed by atoms with E-state index in [9.17, 15) is 14.7 Å². The predicted molar refractivity (Wildman–Crippen MR) is 116 cm³/mol. The first kappa shape index (κ1) is 22.9. The van der Waals surface area contributed by atoms with Gasteiger partial charge in [0.15, 0.2) is 5.69 Å². The first-order valence-electron chi connectivity index (χ1n) is 9.96. The third-order valence-electron chi connectivity index (χ3n) is 4.61. The first-order chi connectivity index (χ1) is 17.0. The number of H-pyrrole nitrogens is 1.